The summed E-state index contributed by atoms with van der Waals surface area (Å²) in [4.78, 5) is 17.8. The van der Waals surface area contributed by atoms with E-state index in [2.05, 4.69) is 26.1 Å². The minimum atomic E-state index is -0.323. The van der Waals surface area contributed by atoms with Gasteiger partial charge in [0.15, 0.2) is 17.3 Å². The second-order valence-electron chi connectivity index (χ2n) is 9.00. The van der Waals surface area contributed by atoms with Crippen molar-refractivity contribution in [2.24, 2.45) is 5.92 Å². The van der Waals surface area contributed by atoms with Crippen LogP contribution >= 0.6 is 11.8 Å². The Hall–Kier alpha value is -2.48. The highest BCUT2D eigenvalue weighted by Crippen LogP contribution is 2.42. The van der Waals surface area contributed by atoms with Crippen molar-refractivity contribution in [1.29, 1.82) is 0 Å². The number of nitrogens with zero attached hydrogens (tertiary/aromatic N) is 3. The van der Waals surface area contributed by atoms with Crippen molar-refractivity contribution >= 4 is 23.5 Å². The third kappa shape index (κ3) is 5.21. The van der Waals surface area contributed by atoms with Gasteiger partial charge in [0.25, 0.3) is 0 Å². The number of hydrogen-bond donors (Lipinski definition) is 1. The Morgan fingerprint density at radius 2 is 2.12 bits per heavy atom. The Kier molecular flexibility index (Phi) is 7.63. The van der Waals surface area contributed by atoms with E-state index < -0.39 is 0 Å². The van der Waals surface area contributed by atoms with Crippen LogP contribution in [0.1, 0.15) is 70.9 Å². The number of unbranched alkanes of at least 4 members (excludes halogenated alkanes) is 1. The molecule has 0 saturated heterocycles. The second-order valence-corrected chi connectivity index (χ2v) is 10.1. The van der Waals surface area contributed by atoms with E-state index in [4.69, 9.17) is 19.6 Å². The highest BCUT2D eigenvalue weighted by molar-refractivity contribution is 7.99. The van der Waals surface area contributed by atoms with Gasteiger partial charge in [0.2, 0.25) is 11.1 Å². The number of ether oxygens (including phenoxy) is 2. The summed E-state index contributed by atoms with van der Waals surface area (Å²) in [5.74, 6) is 3.80. The molecule has 7 nitrogen and oxygen atoms in total. The molecule has 0 saturated carbocycles. The predicted molar refractivity (Wildman–Crippen MR) is 131 cm³/mol. The van der Waals surface area contributed by atoms with Crippen LogP contribution in [0.15, 0.2) is 34.6 Å². The molecule has 0 spiro atoms. The summed E-state index contributed by atoms with van der Waals surface area (Å²) >= 11 is 1.66. The van der Waals surface area contributed by atoms with E-state index in [1.165, 1.54) is 0 Å². The largest absolute Gasteiger partial charge is 0.493 e. The fourth-order valence-corrected chi connectivity index (χ4v) is 5.10. The molecule has 8 heteroatoms. The van der Waals surface area contributed by atoms with E-state index in [0.29, 0.717) is 30.6 Å². The number of carbonyl (C=O) groups is 1. The van der Waals surface area contributed by atoms with Crippen molar-refractivity contribution < 1.29 is 14.3 Å². The molecule has 2 aliphatic rings. The van der Waals surface area contributed by atoms with Crippen LogP contribution in [-0.4, -0.2) is 40.0 Å². The summed E-state index contributed by atoms with van der Waals surface area (Å²) < 4.78 is 13.5. The molecular weight excluding hydrogens is 436 g/mol. The summed E-state index contributed by atoms with van der Waals surface area (Å²) in [5.41, 5.74) is 2.71. The molecule has 1 aromatic carbocycles. The molecule has 1 aliphatic heterocycles. The molecule has 1 atom stereocenters. The zero-order valence-corrected chi connectivity index (χ0v) is 20.8. The SMILES string of the molecule is CCCCSc1nc2n(n1)C(c1ccc(OCCC(C)C)c(OC)c1)C1=C(CCCC1=O)N2. The maximum Gasteiger partial charge on any atom is 0.227 e. The number of Topliss-reactive ketones (excluding diaryl/α,β-unsaturated/α-hetero) is 1. The third-order valence-corrected chi connectivity index (χ3v) is 6.96. The van der Waals surface area contributed by atoms with Crippen molar-refractivity contribution in [1.82, 2.24) is 14.8 Å². The Morgan fingerprint density at radius 1 is 1.27 bits per heavy atom. The van der Waals surface area contributed by atoms with Crippen LogP contribution in [-0.2, 0) is 4.79 Å². The number of allylic oxidation sites excluding steroid dienone is 2. The molecule has 178 valence electrons. The van der Waals surface area contributed by atoms with E-state index in [1.54, 1.807) is 18.9 Å². The first-order valence-corrected chi connectivity index (χ1v) is 12.9. The molecule has 1 aliphatic carbocycles. The molecule has 2 heterocycles. The van der Waals surface area contributed by atoms with Crippen LogP contribution < -0.4 is 14.8 Å². The summed E-state index contributed by atoms with van der Waals surface area (Å²) in [6.45, 7) is 7.17. The number of hydrogen-bond acceptors (Lipinski definition) is 7. The van der Waals surface area contributed by atoms with Gasteiger partial charge in [-0.25, -0.2) is 4.68 Å². The van der Waals surface area contributed by atoms with Crippen molar-refractivity contribution in [2.45, 2.75) is 70.5 Å². The summed E-state index contributed by atoms with van der Waals surface area (Å²) in [6.07, 6.45) is 5.49. The molecule has 4 rings (SSSR count). The number of methoxy groups -OCH3 is 1. The summed E-state index contributed by atoms with van der Waals surface area (Å²) in [6, 6.07) is 5.61. The number of benzene rings is 1. The first-order chi connectivity index (χ1) is 16.0. The molecule has 1 N–H and O–H groups in total. The third-order valence-electron chi connectivity index (χ3n) is 6.03. The van der Waals surface area contributed by atoms with Gasteiger partial charge < -0.3 is 14.8 Å². The molecule has 0 bridgehead atoms. The lowest BCUT2D eigenvalue weighted by Gasteiger charge is -2.32. The van der Waals surface area contributed by atoms with Gasteiger partial charge in [-0.3, -0.25) is 4.79 Å². The first-order valence-electron chi connectivity index (χ1n) is 11.9. The maximum absolute atomic E-state index is 13.0. The second kappa shape index (κ2) is 10.6. The Balaban J connectivity index is 1.69. The zero-order chi connectivity index (χ0) is 23.4. The number of carbonyl (C=O) groups excluding carboxylic acids is 1. The fraction of sp³-hybridized carbons (Fsp3) is 0.560. The summed E-state index contributed by atoms with van der Waals surface area (Å²) in [5, 5.41) is 8.94. The van der Waals surface area contributed by atoms with E-state index in [9.17, 15) is 4.79 Å². The smallest absolute Gasteiger partial charge is 0.227 e. The minimum absolute atomic E-state index is 0.173. The summed E-state index contributed by atoms with van der Waals surface area (Å²) in [7, 11) is 1.65. The monoisotopic (exact) mass is 470 g/mol. The molecule has 0 fully saturated rings. The van der Waals surface area contributed by atoms with E-state index in [1.807, 2.05) is 22.9 Å². The van der Waals surface area contributed by atoms with E-state index in [-0.39, 0.29) is 11.8 Å². The number of anilines is 1. The van der Waals surface area contributed by atoms with Crippen LogP contribution in [0.2, 0.25) is 0 Å². The first kappa shape index (κ1) is 23.7. The maximum atomic E-state index is 13.0. The molecule has 33 heavy (non-hydrogen) atoms. The van der Waals surface area contributed by atoms with Crippen molar-refractivity contribution in [3.8, 4) is 11.5 Å². The molecular formula is C25H34N4O3S. The Labute approximate surface area is 200 Å². The standard InChI is InChI=1S/C25H34N4O3S/c1-5-6-14-33-25-27-24-26-18-8-7-9-19(30)22(18)23(29(24)28-25)17-10-11-20(21(15-17)31-4)32-13-12-16(2)3/h10-11,15-16,23H,5-9,12-14H2,1-4H3,(H,26,27,28). The lowest BCUT2D eigenvalue weighted by Crippen LogP contribution is -2.31. The average Bonchev–Trinajstić information content (AvgIpc) is 3.20. The Morgan fingerprint density at radius 3 is 2.88 bits per heavy atom. The van der Waals surface area contributed by atoms with Gasteiger partial charge >= 0.3 is 0 Å². The van der Waals surface area contributed by atoms with Gasteiger partial charge in [0.1, 0.15) is 6.04 Å². The number of aromatic nitrogens is 3. The van der Waals surface area contributed by atoms with Gasteiger partial charge in [-0.05, 0) is 49.3 Å². The quantitative estimate of drug-likeness (QED) is 0.356. The van der Waals surface area contributed by atoms with Crippen molar-refractivity contribution in [3.05, 3.63) is 35.0 Å². The number of nitrogens with one attached hydrogen (secondary N) is 1. The van der Waals surface area contributed by atoms with Crippen LogP contribution in [0.25, 0.3) is 0 Å². The number of ketones is 1. The van der Waals surface area contributed by atoms with Crippen LogP contribution in [0, 0.1) is 5.92 Å². The number of fused-ring (bicyclic) bond motifs is 1. The molecule has 1 aromatic heterocycles. The van der Waals surface area contributed by atoms with Gasteiger partial charge in [-0.2, -0.15) is 4.98 Å². The zero-order valence-electron chi connectivity index (χ0n) is 20.0. The van der Waals surface area contributed by atoms with Crippen molar-refractivity contribution in [2.75, 3.05) is 24.8 Å². The fourth-order valence-electron chi connectivity index (χ4n) is 4.19. The lowest BCUT2D eigenvalue weighted by molar-refractivity contribution is -0.116. The average molecular weight is 471 g/mol. The van der Waals surface area contributed by atoms with Gasteiger partial charge in [0, 0.05) is 23.4 Å². The molecule has 2 aromatic rings. The van der Waals surface area contributed by atoms with Gasteiger partial charge in [-0.1, -0.05) is 45.0 Å². The predicted octanol–water partition coefficient (Wildman–Crippen LogP) is 5.63. The highest BCUT2D eigenvalue weighted by atomic mass is 32.2. The Bertz CT molecular complexity index is 1030. The van der Waals surface area contributed by atoms with Crippen LogP contribution in [0.4, 0.5) is 5.95 Å². The van der Waals surface area contributed by atoms with E-state index >= 15 is 0 Å². The van der Waals surface area contributed by atoms with Crippen LogP contribution in [0.5, 0.6) is 11.5 Å². The lowest BCUT2D eigenvalue weighted by atomic mass is 9.85. The van der Waals surface area contributed by atoms with Gasteiger partial charge in [0.05, 0.1) is 13.7 Å². The molecule has 1 unspecified atom stereocenters. The van der Waals surface area contributed by atoms with Crippen LogP contribution in [0.3, 0.4) is 0 Å². The van der Waals surface area contributed by atoms with E-state index in [0.717, 1.165) is 65.6 Å². The highest BCUT2D eigenvalue weighted by Gasteiger charge is 2.37. The number of thioether (sulfide) groups is 1. The number of rotatable bonds is 10. The molecule has 0 radical (unpaired) electrons. The molecule has 0 amide bonds. The van der Waals surface area contributed by atoms with Crippen molar-refractivity contribution in [3.63, 3.8) is 0 Å². The minimum Gasteiger partial charge on any atom is -0.493 e. The topological polar surface area (TPSA) is 78.3 Å². The normalized spacial score (nSPS) is 17.6. The van der Waals surface area contributed by atoms with Gasteiger partial charge in [-0.15, -0.1) is 5.10 Å².